The predicted octanol–water partition coefficient (Wildman–Crippen LogP) is 19.8. The van der Waals surface area contributed by atoms with Crippen molar-refractivity contribution in [2.24, 2.45) is 0 Å². The second kappa shape index (κ2) is 57.7. The number of hydrogen-bond donors (Lipinski definition) is 1. The summed E-state index contributed by atoms with van der Waals surface area (Å²) in [6.45, 7) is 6.81. The summed E-state index contributed by atoms with van der Waals surface area (Å²) in [5, 5.41) is 3.03. The molecule has 0 aliphatic carbocycles. The third-order valence-corrected chi connectivity index (χ3v) is 15.3. The standard InChI is InChI=1S/C68H125N2O7P/c1-7-10-13-16-19-22-25-28-30-32-34-35-37-39-41-43-46-49-52-55-58-61-68(72)77-66(59-56-53-50-47-44-27-24-21-18-15-12-9-3)65(64-76-78(73,74)75-63-62-70(4,5)6)69-67(71)60-57-54-51-48-45-42-40-38-36-33-31-29-26-23-20-17-14-11-8-2/h19,22,28-31,34-35,39,41,56,59,65-66H,7-18,20-21,23-27,32-33,36-38,40,42-55,57-58,60-64H2,1-6H3,(H-,69,71,73,74)/b22-19-,30-28-,31-29+,35-34-,41-39-,59-56+. The van der Waals surface area contributed by atoms with E-state index in [-0.39, 0.29) is 24.9 Å². The van der Waals surface area contributed by atoms with Crippen LogP contribution in [0.5, 0.6) is 0 Å². The van der Waals surface area contributed by atoms with E-state index < -0.39 is 26.6 Å². The van der Waals surface area contributed by atoms with E-state index in [0.29, 0.717) is 23.9 Å². The maximum atomic E-state index is 13.6. The van der Waals surface area contributed by atoms with Gasteiger partial charge in [0.1, 0.15) is 19.3 Å². The fourth-order valence-corrected chi connectivity index (χ4v) is 9.99. The van der Waals surface area contributed by atoms with Crippen molar-refractivity contribution in [2.45, 2.75) is 309 Å². The molecule has 454 valence electrons. The lowest BCUT2D eigenvalue weighted by Crippen LogP contribution is -2.47. The monoisotopic (exact) mass is 1110 g/mol. The van der Waals surface area contributed by atoms with Gasteiger partial charge in [0, 0.05) is 12.8 Å². The first kappa shape index (κ1) is 75.5. The number of allylic oxidation sites excluding steroid dienone is 11. The first-order chi connectivity index (χ1) is 37.9. The molecule has 10 heteroatoms. The zero-order valence-electron chi connectivity index (χ0n) is 51.9. The zero-order chi connectivity index (χ0) is 57.2. The Labute approximate surface area is 483 Å². The molecule has 78 heavy (non-hydrogen) atoms. The Morgan fingerprint density at radius 1 is 0.449 bits per heavy atom. The van der Waals surface area contributed by atoms with Crippen molar-refractivity contribution in [1.29, 1.82) is 0 Å². The number of nitrogens with one attached hydrogen (secondary N) is 1. The molecule has 0 aromatic rings. The molecule has 0 heterocycles. The van der Waals surface area contributed by atoms with Crippen LogP contribution in [0.25, 0.3) is 0 Å². The third kappa shape index (κ3) is 58.1. The Kier molecular flexibility index (Phi) is 55.8. The van der Waals surface area contributed by atoms with Gasteiger partial charge in [-0.05, 0) is 102 Å². The highest BCUT2D eigenvalue weighted by Crippen LogP contribution is 2.38. The first-order valence-corrected chi connectivity index (χ1v) is 34.2. The van der Waals surface area contributed by atoms with Crippen LogP contribution in [0.2, 0.25) is 0 Å². The van der Waals surface area contributed by atoms with Crippen LogP contribution in [-0.2, 0) is 27.9 Å². The summed E-state index contributed by atoms with van der Waals surface area (Å²) < 4.78 is 30.4. The van der Waals surface area contributed by atoms with Crippen LogP contribution in [-0.4, -0.2) is 69.4 Å². The van der Waals surface area contributed by atoms with E-state index in [4.69, 9.17) is 13.8 Å². The van der Waals surface area contributed by atoms with Crippen molar-refractivity contribution in [2.75, 3.05) is 40.9 Å². The second-order valence-corrected chi connectivity index (χ2v) is 24.7. The molecule has 0 aromatic heterocycles. The summed E-state index contributed by atoms with van der Waals surface area (Å²) in [5.41, 5.74) is 0. The number of likely N-dealkylation sites (N-methyl/N-ethyl adjacent to an activating group) is 1. The number of rotatable bonds is 59. The average Bonchev–Trinajstić information content (AvgIpc) is 3.40. The van der Waals surface area contributed by atoms with Crippen LogP contribution in [0.3, 0.4) is 0 Å². The van der Waals surface area contributed by atoms with Gasteiger partial charge in [-0.3, -0.25) is 14.2 Å². The van der Waals surface area contributed by atoms with Crippen molar-refractivity contribution < 1.29 is 37.3 Å². The normalized spacial score (nSPS) is 14.1. The Balaban J connectivity index is 5.24. The molecular formula is C68H125N2O7P. The number of ether oxygens (including phenoxy) is 1. The van der Waals surface area contributed by atoms with Gasteiger partial charge in [0.05, 0.1) is 33.8 Å². The maximum absolute atomic E-state index is 13.6. The number of quaternary nitrogens is 1. The SMILES string of the molecule is CCCCC/C=C\C/C=C\C/C=C\C/C=C\CCCCCCCC(=O)OC(/C=C/CCCCCCCCCCCC)C(COP(=O)([O-])OCC[N+](C)(C)C)NC(=O)CCCCCCCCCCC/C=C/CCCCCCCC. The van der Waals surface area contributed by atoms with Crippen molar-refractivity contribution in [3.8, 4) is 0 Å². The van der Waals surface area contributed by atoms with E-state index in [2.05, 4.69) is 86.8 Å². The van der Waals surface area contributed by atoms with Gasteiger partial charge in [-0.1, -0.05) is 255 Å². The molecule has 1 amide bonds. The molecule has 1 N–H and O–H groups in total. The van der Waals surface area contributed by atoms with E-state index in [9.17, 15) is 19.0 Å². The van der Waals surface area contributed by atoms with Crippen molar-refractivity contribution in [3.05, 3.63) is 72.9 Å². The largest absolute Gasteiger partial charge is 0.756 e. The summed E-state index contributed by atoms with van der Waals surface area (Å²) in [6.07, 6.45) is 74.3. The molecule has 0 rings (SSSR count). The summed E-state index contributed by atoms with van der Waals surface area (Å²) in [6, 6.07) is -0.900. The number of phosphoric ester groups is 1. The van der Waals surface area contributed by atoms with Gasteiger partial charge in [-0.2, -0.15) is 0 Å². The van der Waals surface area contributed by atoms with Crippen molar-refractivity contribution in [1.82, 2.24) is 5.32 Å². The van der Waals surface area contributed by atoms with Crippen LogP contribution >= 0.6 is 7.82 Å². The molecule has 9 nitrogen and oxygen atoms in total. The van der Waals surface area contributed by atoms with E-state index in [1.54, 1.807) is 0 Å². The number of phosphoric acid groups is 1. The van der Waals surface area contributed by atoms with Crippen molar-refractivity contribution in [3.63, 3.8) is 0 Å². The molecule has 0 aromatic carbocycles. The van der Waals surface area contributed by atoms with Gasteiger partial charge in [0.15, 0.2) is 0 Å². The van der Waals surface area contributed by atoms with Crippen LogP contribution in [0.4, 0.5) is 0 Å². The summed E-state index contributed by atoms with van der Waals surface area (Å²) >= 11 is 0. The zero-order valence-corrected chi connectivity index (χ0v) is 52.8. The molecule has 0 saturated heterocycles. The van der Waals surface area contributed by atoms with Crippen molar-refractivity contribution >= 4 is 19.7 Å². The molecule has 0 spiro atoms. The van der Waals surface area contributed by atoms with E-state index in [0.717, 1.165) is 96.3 Å². The lowest BCUT2D eigenvalue weighted by Gasteiger charge is -2.30. The smallest absolute Gasteiger partial charge is 0.306 e. The number of unbranched alkanes of at least 4 members (excludes halogenated alkanes) is 33. The fraction of sp³-hybridized carbons (Fsp3) is 0.794. The highest BCUT2D eigenvalue weighted by molar-refractivity contribution is 7.45. The average molecular weight is 1110 g/mol. The molecule has 0 bridgehead atoms. The summed E-state index contributed by atoms with van der Waals surface area (Å²) in [7, 11) is 1.17. The quantitative estimate of drug-likeness (QED) is 0.0212. The number of carbonyl (C=O) groups excluding carboxylic acids is 2. The fourth-order valence-electron chi connectivity index (χ4n) is 9.27. The Morgan fingerprint density at radius 3 is 1.21 bits per heavy atom. The van der Waals surface area contributed by atoms with Crippen LogP contribution in [0, 0.1) is 0 Å². The maximum Gasteiger partial charge on any atom is 0.306 e. The minimum absolute atomic E-state index is 0.0278. The highest BCUT2D eigenvalue weighted by atomic mass is 31.2. The van der Waals surface area contributed by atoms with E-state index >= 15 is 0 Å². The minimum atomic E-state index is -4.71. The topological polar surface area (TPSA) is 114 Å². The number of carbonyl (C=O) groups is 2. The predicted molar refractivity (Wildman–Crippen MR) is 335 cm³/mol. The second-order valence-electron chi connectivity index (χ2n) is 23.3. The number of esters is 1. The minimum Gasteiger partial charge on any atom is -0.756 e. The van der Waals surface area contributed by atoms with E-state index in [1.807, 2.05) is 33.3 Å². The Bertz CT molecular complexity index is 1570. The van der Waals surface area contributed by atoms with Gasteiger partial charge < -0.3 is 28.5 Å². The van der Waals surface area contributed by atoms with E-state index in [1.165, 1.54) is 161 Å². The molecule has 0 aliphatic heterocycles. The van der Waals surface area contributed by atoms with Crippen LogP contribution in [0.1, 0.15) is 297 Å². The molecular weight excluding hydrogens is 988 g/mol. The first-order valence-electron chi connectivity index (χ1n) is 32.7. The number of amides is 1. The van der Waals surface area contributed by atoms with Crippen LogP contribution in [0.15, 0.2) is 72.9 Å². The number of nitrogens with zero attached hydrogens (tertiary/aromatic N) is 1. The lowest BCUT2D eigenvalue weighted by molar-refractivity contribution is -0.870. The lowest BCUT2D eigenvalue weighted by atomic mass is 10.0. The third-order valence-electron chi connectivity index (χ3n) is 14.4. The van der Waals surface area contributed by atoms with Gasteiger partial charge in [-0.15, -0.1) is 0 Å². The van der Waals surface area contributed by atoms with Gasteiger partial charge in [-0.25, -0.2) is 0 Å². The highest BCUT2D eigenvalue weighted by Gasteiger charge is 2.27. The molecule has 0 radical (unpaired) electrons. The van der Waals surface area contributed by atoms with Crippen LogP contribution < -0.4 is 10.2 Å². The molecule has 3 unspecified atom stereocenters. The molecule has 0 saturated carbocycles. The Hall–Kier alpha value is -2.55. The number of hydrogen-bond acceptors (Lipinski definition) is 7. The summed E-state index contributed by atoms with van der Waals surface area (Å²) in [4.78, 5) is 40.1. The van der Waals surface area contributed by atoms with Gasteiger partial charge in [0.2, 0.25) is 5.91 Å². The van der Waals surface area contributed by atoms with Gasteiger partial charge >= 0.3 is 5.97 Å². The molecule has 0 fully saturated rings. The Morgan fingerprint density at radius 2 is 0.782 bits per heavy atom. The molecule has 3 atom stereocenters. The summed E-state index contributed by atoms with van der Waals surface area (Å²) in [5.74, 6) is -0.560. The van der Waals surface area contributed by atoms with Gasteiger partial charge in [0.25, 0.3) is 7.82 Å². The molecule has 0 aliphatic rings.